The molecule has 1 aromatic carbocycles. The van der Waals surface area contributed by atoms with Crippen LogP contribution in [0.15, 0.2) is 30.3 Å². The van der Waals surface area contributed by atoms with Crippen molar-refractivity contribution in [3.05, 3.63) is 45.6 Å². The maximum Gasteiger partial charge on any atom is 0.201 e. The summed E-state index contributed by atoms with van der Waals surface area (Å²) in [4.78, 5) is 14.2. The summed E-state index contributed by atoms with van der Waals surface area (Å²) in [5.41, 5.74) is 0.760. The van der Waals surface area contributed by atoms with E-state index in [4.69, 9.17) is 9.47 Å². The van der Waals surface area contributed by atoms with Crippen LogP contribution in [0.5, 0.6) is 11.5 Å². The molecule has 4 heteroatoms. The average Bonchev–Trinajstić information content (AvgIpc) is 2.75. The van der Waals surface area contributed by atoms with Crippen LogP contribution in [0.25, 0.3) is 0 Å². The number of benzene rings is 1. The SMILES string of the molecule is COc1ccc(OCC(=O)c2cc(C)sc2C)cc1. The lowest BCUT2D eigenvalue weighted by Crippen LogP contribution is -2.11. The minimum absolute atomic E-state index is 0.0117. The van der Waals surface area contributed by atoms with Gasteiger partial charge in [0.05, 0.1) is 7.11 Å². The summed E-state index contributed by atoms with van der Waals surface area (Å²) in [6.07, 6.45) is 0. The minimum Gasteiger partial charge on any atom is -0.497 e. The summed E-state index contributed by atoms with van der Waals surface area (Å²) >= 11 is 1.63. The van der Waals surface area contributed by atoms with Crippen LogP contribution in [-0.4, -0.2) is 19.5 Å². The monoisotopic (exact) mass is 276 g/mol. The molecule has 2 rings (SSSR count). The quantitative estimate of drug-likeness (QED) is 0.782. The maximum absolute atomic E-state index is 12.0. The number of thiophene rings is 1. The third-order valence-electron chi connectivity index (χ3n) is 2.77. The summed E-state index contributed by atoms with van der Waals surface area (Å²) in [7, 11) is 1.61. The molecule has 0 unspecified atom stereocenters. The molecular formula is C15H16O3S. The van der Waals surface area contributed by atoms with Crippen LogP contribution in [0.3, 0.4) is 0 Å². The van der Waals surface area contributed by atoms with Gasteiger partial charge in [0, 0.05) is 15.3 Å². The standard InChI is InChI=1S/C15H16O3S/c1-10-8-14(11(2)19-10)15(16)9-18-13-6-4-12(17-3)5-7-13/h4-8H,9H2,1-3H3. The summed E-state index contributed by atoms with van der Waals surface area (Å²) in [5, 5.41) is 0. The van der Waals surface area contributed by atoms with Gasteiger partial charge in [-0.3, -0.25) is 4.79 Å². The number of hydrogen-bond acceptors (Lipinski definition) is 4. The van der Waals surface area contributed by atoms with E-state index in [2.05, 4.69) is 0 Å². The van der Waals surface area contributed by atoms with E-state index in [1.165, 1.54) is 0 Å². The molecule has 2 aromatic rings. The second-order valence-corrected chi connectivity index (χ2v) is 5.67. The molecule has 0 aliphatic carbocycles. The number of hydrogen-bond donors (Lipinski definition) is 0. The van der Waals surface area contributed by atoms with Crippen molar-refractivity contribution in [2.45, 2.75) is 13.8 Å². The lowest BCUT2D eigenvalue weighted by molar-refractivity contribution is 0.0921. The number of carbonyl (C=O) groups excluding carboxylic acids is 1. The van der Waals surface area contributed by atoms with Gasteiger partial charge in [-0.15, -0.1) is 11.3 Å². The zero-order chi connectivity index (χ0) is 13.8. The van der Waals surface area contributed by atoms with Crippen molar-refractivity contribution in [3.63, 3.8) is 0 Å². The van der Waals surface area contributed by atoms with E-state index in [1.807, 2.05) is 19.9 Å². The summed E-state index contributed by atoms with van der Waals surface area (Å²) in [5.74, 6) is 1.44. The van der Waals surface area contributed by atoms with Crippen molar-refractivity contribution in [1.29, 1.82) is 0 Å². The molecule has 0 N–H and O–H groups in total. The third-order valence-corrected chi connectivity index (χ3v) is 3.74. The van der Waals surface area contributed by atoms with Crippen molar-refractivity contribution >= 4 is 17.1 Å². The Bertz CT molecular complexity index is 570. The Morgan fingerprint density at radius 1 is 1.16 bits per heavy atom. The zero-order valence-electron chi connectivity index (χ0n) is 11.2. The van der Waals surface area contributed by atoms with Crippen LogP contribution in [0.2, 0.25) is 0 Å². The molecule has 0 fully saturated rings. The Morgan fingerprint density at radius 3 is 2.32 bits per heavy atom. The van der Waals surface area contributed by atoms with Crippen molar-refractivity contribution in [1.82, 2.24) is 0 Å². The number of rotatable bonds is 5. The van der Waals surface area contributed by atoms with Crippen molar-refractivity contribution in [3.8, 4) is 11.5 Å². The smallest absolute Gasteiger partial charge is 0.201 e. The fourth-order valence-corrected chi connectivity index (χ4v) is 2.75. The first-order chi connectivity index (χ1) is 9.10. The van der Waals surface area contributed by atoms with Crippen LogP contribution in [0, 0.1) is 13.8 Å². The molecule has 1 aromatic heterocycles. The fourth-order valence-electron chi connectivity index (χ4n) is 1.81. The molecule has 0 aliphatic heterocycles. The van der Waals surface area contributed by atoms with Gasteiger partial charge in [-0.2, -0.15) is 0 Å². The summed E-state index contributed by atoms with van der Waals surface area (Å²) < 4.78 is 10.5. The number of ether oxygens (including phenoxy) is 2. The zero-order valence-corrected chi connectivity index (χ0v) is 12.0. The molecular weight excluding hydrogens is 260 g/mol. The molecule has 0 bridgehead atoms. The highest BCUT2D eigenvalue weighted by Crippen LogP contribution is 2.22. The molecule has 0 saturated carbocycles. The second kappa shape index (κ2) is 5.89. The Labute approximate surface area is 116 Å². The first kappa shape index (κ1) is 13.6. The molecule has 0 saturated heterocycles. The van der Waals surface area contributed by atoms with Crippen molar-refractivity contribution in [2.75, 3.05) is 13.7 Å². The fraction of sp³-hybridized carbons (Fsp3) is 0.267. The lowest BCUT2D eigenvalue weighted by Gasteiger charge is -2.06. The number of carbonyl (C=O) groups is 1. The topological polar surface area (TPSA) is 35.5 Å². The number of aryl methyl sites for hydroxylation is 2. The van der Waals surface area contributed by atoms with Gasteiger partial charge in [0.2, 0.25) is 5.78 Å². The van der Waals surface area contributed by atoms with Gasteiger partial charge in [0.15, 0.2) is 6.61 Å². The van der Waals surface area contributed by atoms with E-state index in [9.17, 15) is 4.79 Å². The van der Waals surface area contributed by atoms with Gasteiger partial charge >= 0.3 is 0 Å². The molecule has 0 aliphatic rings. The molecule has 100 valence electrons. The Hall–Kier alpha value is -1.81. The minimum atomic E-state index is 0.0117. The van der Waals surface area contributed by atoms with Gasteiger partial charge in [-0.25, -0.2) is 0 Å². The van der Waals surface area contributed by atoms with E-state index in [-0.39, 0.29) is 12.4 Å². The van der Waals surface area contributed by atoms with Gasteiger partial charge in [-0.1, -0.05) is 0 Å². The molecule has 0 spiro atoms. The van der Waals surface area contributed by atoms with E-state index in [1.54, 1.807) is 42.7 Å². The van der Waals surface area contributed by atoms with Gasteiger partial charge in [0.25, 0.3) is 0 Å². The highest BCUT2D eigenvalue weighted by molar-refractivity contribution is 7.12. The van der Waals surface area contributed by atoms with Crippen LogP contribution in [0.4, 0.5) is 0 Å². The molecule has 0 atom stereocenters. The highest BCUT2D eigenvalue weighted by atomic mass is 32.1. The van der Waals surface area contributed by atoms with Crippen LogP contribution in [0.1, 0.15) is 20.1 Å². The molecule has 3 nitrogen and oxygen atoms in total. The van der Waals surface area contributed by atoms with E-state index < -0.39 is 0 Å². The Kier molecular flexibility index (Phi) is 4.22. The maximum atomic E-state index is 12.0. The predicted octanol–water partition coefficient (Wildman–Crippen LogP) is 3.64. The van der Waals surface area contributed by atoms with Crippen molar-refractivity contribution in [2.24, 2.45) is 0 Å². The third kappa shape index (κ3) is 3.35. The first-order valence-electron chi connectivity index (χ1n) is 5.97. The van der Waals surface area contributed by atoms with Crippen LogP contribution < -0.4 is 9.47 Å². The Morgan fingerprint density at radius 2 is 1.79 bits per heavy atom. The molecule has 0 radical (unpaired) electrons. The normalized spacial score (nSPS) is 10.3. The average molecular weight is 276 g/mol. The van der Waals surface area contributed by atoms with Gasteiger partial charge in [-0.05, 0) is 44.2 Å². The Balaban J connectivity index is 1.98. The molecule has 1 heterocycles. The number of ketones is 1. The largest absolute Gasteiger partial charge is 0.497 e. The van der Waals surface area contributed by atoms with Gasteiger partial charge in [0.1, 0.15) is 11.5 Å². The number of methoxy groups -OCH3 is 1. The van der Waals surface area contributed by atoms with E-state index in [0.717, 1.165) is 21.1 Å². The molecule has 0 amide bonds. The first-order valence-corrected chi connectivity index (χ1v) is 6.79. The highest BCUT2D eigenvalue weighted by Gasteiger charge is 2.12. The van der Waals surface area contributed by atoms with E-state index in [0.29, 0.717) is 5.75 Å². The van der Waals surface area contributed by atoms with Crippen LogP contribution >= 0.6 is 11.3 Å². The van der Waals surface area contributed by atoms with Crippen molar-refractivity contribution < 1.29 is 14.3 Å². The van der Waals surface area contributed by atoms with Crippen LogP contribution in [-0.2, 0) is 0 Å². The van der Waals surface area contributed by atoms with E-state index >= 15 is 0 Å². The number of Topliss-reactive ketones (excluding diaryl/α,β-unsaturated/α-hetero) is 1. The molecule has 19 heavy (non-hydrogen) atoms. The summed E-state index contributed by atoms with van der Waals surface area (Å²) in [6.45, 7) is 4.01. The second-order valence-electron chi connectivity index (χ2n) is 4.21. The predicted molar refractivity (Wildman–Crippen MR) is 76.6 cm³/mol. The summed E-state index contributed by atoms with van der Waals surface area (Å²) in [6, 6.07) is 9.11. The van der Waals surface area contributed by atoms with Gasteiger partial charge < -0.3 is 9.47 Å². The lowest BCUT2D eigenvalue weighted by atomic mass is 10.2.